The third-order valence-corrected chi connectivity index (χ3v) is 2.56. The van der Waals surface area contributed by atoms with Gasteiger partial charge in [0.25, 0.3) is 0 Å². The summed E-state index contributed by atoms with van der Waals surface area (Å²) in [6.45, 7) is -1.60. The Morgan fingerprint density at radius 2 is 1.95 bits per heavy atom. The number of benzene rings is 1. The standard InChI is InChI=1S/C13H17F3N2O2/c1-20-8-11(17)12(19)18(9-13(14,15)16)7-10-5-3-2-4-6-10/h2-6,11H,7-9,17H2,1H3. The normalized spacial score (nSPS) is 13.1. The van der Waals surface area contributed by atoms with E-state index < -0.39 is 24.7 Å². The average molecular weight is 290 g/mol. The van der Waals surface area contributed by atoms with Gasteiger partial charge in [0.1, 0.15) is 12.6 Å². The van der Waals surface area contributed by atoms with Gasteiger partial charge in [0.2, 0.25) is 5.91 Å². The predicted octanol–water partition coefficient (Wildman–Crippen LogP) is 1.55. The summed E-state index contributed by atoms with van der Waals surface area (Å²) >= 11 is 0. The second kappa shape index (κ2) is 7.25. The highest BCUT2D eigenvalue weighted by Gasteiger charge is 2.34. The Labute approximate surface area is 115 Å². The summed E-state index contributed by atoms with van der Waals surface area (Å²) < 4.78 is 42.4. The molecular formula is C13H17F3N2O2. The summed E-state index contributed by atoms with van der Waals surface area (Å²) in [4.78, 5) is 12.6. The molecule has 1 aromatic rings. The average Bonchev–Trinajstić information content (AvgIpc) is 2.37. The van der Waals surface area contributed by atoms with Crippen molar-refractivity contribution in [2.24, 2.45) is 5.73 Å². The minimum absolute atomic E-state index is 0.123. The molecule has 1 aromatic carbocycles. The molecule has 0 bridgehead atoms. The number of ether oxygens (including phenoxy) is 1. The lowest BCUT2D eigenvalue weighted by Gasteiger charge is -2.26. The van der Waals surface area contributed by atoms with Gasteiger partial charge in [-0.3, -0.25) is 4.79 Å². The van der Waals surface area contributed by atoms with Crippen molar-refractivity contribution in [3.05, 3.63) is 35.9 Å². The van der Waals surface area contributed by atoms with Crippen LogP contribution in [-0.2, 0) is 16.1 Å². The van der Waals surface area contributed by atoms with E-state index in [0.717, 1.165) is 0 Å². The van der Waals surface area contributed by atoms with Crippen molar-refractivity contribution in [3.8, 4) is 0 Å². The number of nitrogens with zero attached hydrogens (tertiary/aromatic N) is 1. The molecule has 0 saturated heterocycles. The Morgan fingerprint density at radius 1 is 1.35 bits per heavy atom. The summed E-state index contributed by atoms with van der Waals surface area (Å²) in [5.74, 6) is -0.784. The first-order valence-corrected chi connectivity index (χ1v) is 5.97. The van der Waals surface area contributed by atoms with Gasteiger partial charge >= 0.3 is 6.18 Å². The molecule has 1 amide bonds. The summed E-state index contributed by atoms with van der Waals surface area (Å²) in [5, 5.41) is 0. The third kappa shape index (κ3) is 5.58. The maximum absolute atomic E-state index is 12.6. The van der Waals surface area contributed by atoms with Crippen LogP contribution in [0.25, 0.3) is 0 Å². The number of hydrogen-bond acceptors (Lipinski definition) is 3. The van der Waals surface area contributed by atoms with Crippen LogP contribution in [0.15, 0.2) is 30.3 Å². The number of carbonyl (C=O) groups is 1. The molecule has 0 aliphatic heterocycles. The van der Waals surface area contributed by atoms with Gasteiger partial charge in [-0.25, -0.2) is 0 Å². The zero-order valence-corrected chi connectivity index (χ0v) is 11.1. The predicted molar refractivity (Wildman–Crippen MR) is 67.8 cm³/mol. The molecule has 0 aliphatic carbocycles. The highest BCUT2D eigenvalue weighted by molar-refractivity contribution is 5.81. The van der Waals surface area contributed by atoms with E-state index >= 15 is 0 Å². The highest BCUT2D eigenvalue weighted by atomic mass is 19.4. The Balaban J connectivity index is 2.82. The van der Waals surface area contributed by atoms with Crippen LogP contribution in [0, 0.1) is 0 Å². The molecule has 0 fully saturated rings. The van der Waals surface area contributed by atoms with Crippen molar-refractivity contribution < 1.29 is 22.7 Å². The van der Waals surface area contributed by atoms with E-state index in [1.54, 1.807) is 30.3 Å². The van der Waals surface area contributed by atoms with Gasteiger partial charge in [-0.1, -0.05) is 30.3 Å². The molecule has 1 atom stereocenters. The molecule has 7 heteroatoms. The molecule has 0 saturated carbocycles. The number of methoxy groups -OCH3 is 1. The SMILES string of the molecule is COCC(N)C(=O)N(Cc1ccccc1)CC(F)(F)F. The third-order valence-electron chi connectivity index (χ3n) is 2.56. The first kappa shape index (κ1) is 16.5. The van der Waals surface area contributed by atoms with Crippen molar-refractivity contribution in [1.29, 1.82) is 0 Å². The number of hydrogen-bond donors (Lipinski definition) is 1. The quantitative estimate of drug-likeness (QED) is 0.865. The van der Waals surface area contributed by atoms with Crippen molar-refractivity contribution >= 4 is 5.91 Å². The largest absolute Gasteiger partial charge is 0.406 e. The van der Waals surface area contributed by atoms with Crippen LogP contribution in [0.5, 0.6) is 0 Å². The minimum atomic E-state index is -4.47. The number of carbonyl (C=O) groups excluding carboxylic acids is 1. The van der Waals surface area contributed by atoms with E-state index in [1.807, 2.05) is 0 Å². The van der Waals surface area contributed by atoms with Crippen molar-refractivity contribution in [2.75, 3.05) is 20.3 Å². The number of amides is 1. The van der Waals surface area contributed by atoms with E-state index in [0.29, 0.717) is 10.5 Å². The summed E-state index contributed by atoms with van der Waals surface area (Å²) in [6, 6.07) is 7.33. The van der Waals surface area contributed by atoms with E-state index in [4.69, 9.17) is 10.5 Å². The lowest BCUT2D eigenvalue weighted by atomic mass is 10.2. The molecule has 0 aromatic heterocycles. The van der Waals surface area contributed by atoms with Crippen LogP contribution in [0.1, 0.15) is 5.56 Å². The van der Waals surface area contributed by atoms with Crippen LogP contribution < -0.4 is 5.73 Å². The van der Waals surface area contributed by atoms with Crippen LogP contribution in [0.3, 0.4) is 0 Å². The second-order valence-electron chi connectivity index (χ2n) is 4.36. The number of nitrogens with two attached hydrogens (primary N) is 1. The molecule has 4 nitrogen and oxygen atoms in total. The Bertz CT molecular complexity index is 423. The monoisotopic (exact) mass is 290 g/mol. The topological polar surface area (TPSA) is 55.6 Å². The van der Waals surface area contributed by atoms with Crippen LogP contribution in [0.4, 0.5) is 13.2 Å². The van der Waals surface area contributed by atoms with E-state index in [1.165, 1.54) is 7.11 Å². The Kier molecular flexibility index (Phi) is 5.97. The first-order chi connectivity index (χ1) is 9.33. The van der Waals surface area contributed by atoms with Crippen molar-refractivity contribution in [3.63, 3.8) is 0 Å². The fourth-order valence-electron chi connectivity index (χ4n) is 1.72. The van der Waals surface area contributed by atoms with Gasteiger partial charge in [0.15, 0.2) is 0 Å². The van der Waals surface area contributed by atoms with Gasteiger partial charge in [0.05, 0.1) is 6.61 Å². The first-order valence-electron chi connectivity index (χ1n) is 5.97. The smallest absolute Gasteiger partial charge is 0.383 e. The molecule has 0 radical (unpaired) electrons. The van der Waals surface area contributed by atoms with Crippen molar-refractivity contribution in [1.82, 2.24) is 4.90 Å². The van der Waals surface area contributed by atoms with Gasteiger partial charge in [-0.15, -0.1) is 0 Å². The zero-order valence-electron chi connectivity index (χ0n) is 11.1. The molecular weight excluding hydrogens is 273 g/mol. The van der Waals surface area contributed by atoms with Gasteiger partial charge < -0.3 is 15.4 Å². The van der Waals surface area contributed by atoms with Gasteiger partial charge in [-0.05, 0) is 5.56 Å². The molecule has 0 aliphatic rings. The molecule has 1 rings (SSSR count). The molecule has 0 heterocycles. The fourth-order valence-corrected chi connectivity index (χ4v) is 1.72. The van der Waals surface area contributed by atoms with E-state index in [9.17, 15) is 18.0 Å². The summed E-state index contributed by atoms with van der Waals surface area (Å²) in [5.41, 5.74) is 6.12. The molecule has 0 spiro atoms. The number of rotatable bonds is 6. The number of alkyl halides is 3. The Hall–Kier alpha value is -1.60. The van der Waals surface area contributed by atoms with Crippen LogP contribution in [-0.4, -0.2) is 43.3 Å². The van der Waals surface area contributed by atoms with Crippen LogP contribution in [0.2, 0.25) is 0 Å². The molecule has 20 heavy (non-hydrogen) atoms. The maximum Gasteiger partial charge on any atom is 0.406 e. The maximum atomic E-state index is 12.6. The van der Waals surface area contributed by atoms with Gasteiger partial charge in [0, 0.05) is 13.7 Å². The number of halogens is 3. The van der Waals surface area contributed by atoms with Gasteiger partial charge in [-0.2, -0.15) is 13.2 Å². The van der Waals surface area contributed by atoms with Crippen LogP contribution >= 0.6 is 0 Å². The van der Waals surface area contributed by atoms with E-state index in [2.05, 4.69) is 0 Å². The Morgan fingerprint density at radius 3 is 2.45 bits per heavy atom. The molecule has 1 unspecified atom stereocenters. The lowest BCUT2D eigenvalue weighted by molar-refractivity contribution is -0.163. The summed E-state index contributed by atoms with van der Waals surface area (Å²) in [7, 11) is 1.33. The second-order valence-corrected chi connectivity index (χ2v) is 4.36. The van der Waals surface area contributed by atoms with Crippen molar-refractivity contribution in [2.45, 2.75) is 18.8 Å². The lowest BCUT2D eigenvalue weighted by Crippen LogP contribution is -2.48. The molecule has 2 N–H and O–H groups in total. The van der Waals surface area contributed by atoms with E-state index in [-0.39, 0.29) is 13.2 Å². The molecule has 112 valence electrons. The fraction of sp³-hybridized carbons (Fsp3) is 0.462. The zero-order chi connectivity index (χ0) is 15.2. The highest BCUT2D eigenvalue weighted by Crippen LogP contribution is 2.18. The minimum Gasteiger partial charge on any atom is -0.383 e. The summed E-state index contributed by atoms with van der Waals surface area (Å²) in [6.07, 6.45) is -4.47.